The molecule has 0 heterocycles. The number of nitrogens with zero attached hydrogens (tertiary/aromatic N) is 1. The smallest absolute Gasteiger partial charge is 0.326 e. The van der Waals surface area contributed by atoms with E-state index in [9.17, 15) is 4.79 Å². The lowest BCUT2D eigenvalue weighted by atomic mass is 10.2. The molecule has 17 heavy (non-hydrogen) atoms. The molecule has 0 spiro atoms. The van der Waals surface area contributed by atoms with Crippen LogP contribution in [0.2, 0.25) is 0 Å². The number of carbonyl (C=O) groups is 1. The largest absolute Gasteiger partial charge is 0.492 e. The van der Waals surface area contributed by atoms with Crippen molar-refractivity contribution in [1.29, 1.82) is 0 Å². The topological polar surface area (TPSA) is 49.8 Å². The quantitative estimate of drug-likeness (QED) is 0.825. The van der Waals surface area contributed by atoms with Gasteiger partial charge in [-0.05, 0) is 32.9 Å². The average Bonchev–Trinajstić information content (AvgIpc) is 2.32. The van der Waals surface area contributed by atoms with E-state index in [2.05, 4.69) is 0 Å². The van der Waals surface area contributed by atoms with Gasteiger partial charge in [0, 0.05) is 6.54 Å². The van der Waals surface area contributed by atoms with Gasteiger partial charge in [-0.15, -0.1) is 0 Å². The van der Waals surface area contributed by atoms with Crippen LogP contribution in [-0.2, 0) is 4.79 Å². The number of hydrogen-bond donors (Lipinski definition) is 1. The molecule has 0 bridgehead atoms. The molecule has 1 aromatic carbocycles. The maximum Gasteiger partial charge on any atom is 0.326 e. The Bertz CT molecular complexity index is 379. The number of para-hydroxylation sites is 2. The van der Waals surface area contributed by atoms with Crippen LogP contribution in [0.1, 0.15) is 20.8 Å². The van der Waals surface area contributed by atoms with E-state index in [4.69, 9.17) is 9.84 Å². The zero-order valence-corrected chi connectivity index (χ0v) is 10.5. The van der Waals surface area contributed by atoms with Gasteiger partial charge in [0.25, 0.3) is 0 Å². The molecular formula is C13H19NO3. The van der Waals surface area contributed by atoms with E-state index in [1.165, 1.54) is 0 Å². The summed E-state index contributed by atoms with van der Waals surface area (Å²) in [7, 11) is 0. The highest BCUT2D eigenvalue weighted by atomic mass is 16.5. The zero-order chi connectivity index (χ0) is 12.8. The summed E-state index contributed by atoms with van der Waals surface area (Å²) in [5.74, 6) is -0.108. The van der Waals surface area contributed by atoms with E-state index < -0.39 is 12.0 Å². The third kappa shape index (κ3) is 3.12. The van der Waals surface area contributed by atoms with Gasteiger partial charge in [-0.2, -0.15) is 0 Å². The van der Waals surface area contributed by atoms with Crippen molar-refractivity contribution in [2.75, 3.05) is 18.1 Å². The van der Waals surface area contributed by atoms with Gasteiger partial charge >= 0.3 is 5.97 Å². The van der Waals surface area contributed by atoms with Gasteiger partial charge < -0.3 is 14.7 Å². The van der Waals surface area contributed by atoms with Gasteiger partial charge in [0.2, 0.25) is 0 Å². The number of hydrogen-bond acceptors (Lipinski definition) is 3. The molecule has 1 N–H and O–H groups in total. The lowest BCUT2D eigenvalue weighted by Gasteiger charge is -2.28. The molecule has 0 aliphatic carbocycles. The van der Waals surface area contributed by atoms with Gasteiger partial charge in [-0.1, -0.05) is 12.1 Å². The molecule has 4 nitrogen and oxygen atoms in total. The number of aliphatic carboxylic acids is 1. The van der Waals surface area contributed by atoms with Crippen LogP contribution >= 0.6 is 0 Å². The van der Waals surface area contributed by atoms with E-state index in [-0.39, 0.29) is 0 Å². The molecule has 1 atom stereocenters. The fourth-order valence-electron chi connectivity index (χ4n) is 1.76. The number of anilines is 1. The van der Waals surface area contributed by atoms with E-state index in [0.29, 0.717) is 13.2 Å². The van der Waals surface area contributed by atoms with E-state index in [1.807, 2.05) is 43.0 Å². The highest BCUT2D eigenvalue weighted by Crippen LogP contribution is 2.29. The second kappa shape index (κ2) is 6.13. The first kappa shape index (κ1) is 13.4. The van der Waals surface area contributed by atoms with Crippen LogP contribution in [0.15, 0.2) is 24.3 Å². The number of likely N-dealkylation sites (N-methyl/N-ethyl adjacent to an activating group) is 1. The molecule has 0 aliphatic heterocycles. The summed E-state index contributed by atoms with van der Waals surface area (Å²) >= 11 is 0. The number of carboxylic acids is 1. The molecular weight excluding hydrogens is 218 g/mol. The summed E-state index contributed by atoms with van der Waals surface area (Å²) in [6.07, 6.45) is 0. The monoisotopic (exact) mass is 237 g/mol. The SMILES string of the molecule is CCOc1ccccc1N(CC)[C@@H](C)C(=O)O. The van der Waals surface area contributed by atoms with Crippen LogP contribution in [0.4, 0.5) is 5.69 Å². The first-order valence-electron chi connectivity index (χ1n) is 5.83. The van der Waals surface area contributed by atoms with Gasteiger partial charge in [-0.3, -0.25) is 0 Å². The summed E-state index contributed by atoms with van der Waals surface area (Å²) in [6, 6.07) is 6.94. The fraction of sp³-hybridized carbons (Fsp3) is 0.462. The van der Waals surface area contributed by atoms with E-state index in [1.54, 1.807) is 6.92 Å². The van der Waals surface area contributed by atoms with Crippen LogP contribution in [0.3, 0.4) is 0 Å². The van der Waals surface area contributed by atoms with Crippen molar-refractivity contribution >= 4 is 11.7 Å². The molecule has 0 fully saturated rings. The highest BCUT2D eigenvalue weighted by molar-refractivity contribution is 5.78. The molecule has 0 aliphatic rings. The Morgan fingerprint density at radius 3 is 2.59 bits per heavy atom. The Morgan fingerprint density at radius 1 is 1.41 bits per heavy atom. The van der Waals surface area contributed by atoms with Gasteiger partial charge in [-0.25, -0.2) is 4.79 Å². The van der Waals surface area contributed by atoms with Crippen molar-refractivity contribution in [3.63, 3.8) is 0 Å². The normalized spacial score (nSPS) is 11.9. The van der Waals surface area contributed by atoms with Crippen molar-refractivity contribution < 1.29 is 14.6 Å². The van der Waals surface area contributed by atoms with Crippen LogP contribution in [0.5, 0.6) is 5.75 Å². The summed E-state index contributed by atoms with van der Waals surface area (Å²) < 4.78 is 5.52. The Balaban J connectivity index is 3.06. The molecule has 0 unspecified atom stereocenters. The van der Waals surface area contributed by atoms with Crippen molar-refractivity contribution in [2.24, 2.45) is 0 Å². The number of carboxylic acid groups (broad SMARTS) is 1. The molecule has 1 rings (SSSR count). The third-order valence-corrected chi connectivity index (χ3v) is 2.64. The predicted octanol–water partition coefficient (Wildman–Crippen LogP) is 2.38. The average molecular weight is 237 g/mol. The summed E-state index contributed by atoms with van der Waals surface area (Å²) in [6.45, 7) is 6.71. The first-order valence-corrected chi connectivity index (χ1v) is 5.83. The second-order valence-corrected chi connectivity index (χ2v) is 3.70. The van der Waals surface area contributed by atoms with Crippen LogP contribution in [-0.4, -0.2) is 30.3 Å². The lowest BCUT2D eigenvalue weighted by molar-refractivity contribution is -0.138. The maximum absolute atomic E-state index is 11.1. The minimum absolute atomic E-state index is 0.565. The predicted molar refractivity (Wildman–Crippen MR) is 67.7 cm³/mol. The Hall–Kier alpha value is -1.71. The summed E-state index contributed by atoms with van der Waals surface area (Å²) in [4.78, 5) is 12.9. The number of benzene rings is 1. The Kier molecular flexibility index (Phi) is 4.82. The van der Waals surface area contributed by atoms with Crippen LogP contribution < -0.4 is 9.64 Å². The molecule has 0 saturated carbocycles. The molecule has 0 radical (unpaired) electrons. The maximum atomic E-state index is 11.1. The number of ether oxygens (including phenoxy) is 1. The van der Waals surface area contributed by atoms with E-state index in [0.717, 1.165) is 11.4 Å². The van der Waals surface area contributed by atoms with Crippen LogP contribution in [0, 0.1) is 0 Å². The van der Waals surface area contributed by atoms with E-state index >= 15 is 0 Å². The minimum atomic E-state index is -0.835. The van der Waals surface area contributed by atoms with Crippen molar-refractivity contribution in [3.8, 4) is 5.75 Å². The van der Waals surface area contributed by atoms with Gasteiger partial charge in [0.15, 0.2) is 0 Å². The van der Waals surface area contributed by atoms with Crippen molar-refractivity contribution in [1.82, 2.24) is 0 Å². The Morgan fingerprint density at radius 2 is 2.06 bits per heavy atom. The standard InChI is InChI=1S/C13H19NO3/c1-4-14(10(3)13(15)16)11-8-6-7-9-12(11)17-5-2/h6-10H,4-5H2,1-3H3,(H,15,16)/t10-/m0/s1. The summed E-state index contributed by atoms with van der Waals surface area (Å²) in [5, 5.41) is 9.08. The van der Waals surface area contributed by atoms with Gasteiger partial charge in [0.1, 0.15) is 11.8 Å². The second-order valence-electron chi connectivity index (χ2n) is 3.70. The lowest BCUT2D eigenvalue weighted by Crippen LogP contribution is -2.39. The van der Waals surface area contributed by atoms with Crippen molar-refractivity contribution in [3.05, 3.63) is 24.3 Å². The van der Waals surface area contributed by atoms with Crippen molar-refractivity contribution in [2.45, 2.75) is 26.8 Å². The van der Waals surface area contributed by atoms with Crippen LogP contribution in [0.25, 0.3) is 0 Å². The minimum Gasteiger partial charge on any atom is -0.492 e. The summed E-state index contributed by atoms with van der Waals surface area (Å²) in [5.41, 5.74) is 0.826. The highest BCUT2D eigenvalue weighted by Gasteiger charge is 2.21. The molecule has 0 amide bonds. The zero-order valence-electron chi connectivity index (χ0n) is 10.5. The molecule has 0 saturated heterocycles. The molecule has 4 heteroatoms. The number of rotatable bonds is 6. The molecule has 0 aromatic heterocycles. The molecule has 94 valence electrons. The first-order chi connectivity index (χ1) is 8.11. The Labute approximate surface area is 102 Å². The third-order valence-electron chi connectivity index (χ3n) is 2.64. The van der Waals surface area contributed by atoms with Gasteiger partial charge in [0.05, 0.1) is 12.3 Å². The molecule has 1 aromatic rings. The fourth-order valence-corrected chi connectivity index (χ4v) is 1.76.